The topological polar surface area (TPSA) is 35.5 Å². The smallest absolute Gasteiger partial charge is 0.181 e. The van der Waals surface area contributed by atoms with E-state index in [1.165, 1.54) is 5.56 Å². The average molecular weight is 352 g/mol. The minimum absolute atomic E-state index is 0.288. The highest BCUT2D eigenvalue weighted by molar-refractivity contribution is 5.82. The maximum absolute atomic E-state index is 12.7. The van der Waals surface area contributed by atoms with E-state index in [1.54, 1.807) is 7.11 Å². The van der Waals surface area contributed by atoms with Gasteiger partial charge < -0.3 is 9.47 Å². The first kappa shape index (κ1) is 17.7. The van der Waals surface area contributed by atoms with Crippen LogP contribution in [0.25, 0.3) is 0 Å². The molecule has 4 atom stereocenters. The number of hydrogen-bond acceptors (Lipinski definition) is 3. The SMILES string of the molecule is C=CC[C@]12CC(=O)C[C@]3(CC=C)CC(Cc4ccccc4)(C1)OC23OC. The van der Waals surface area contributed by atoms with E-state index >= 15 is 0 Å². The number of ether oxygens (including phenoxy) is 2. The molecular weight excluding hydrogens is 324 g/mol. The van der Waals surface area contributed by atoms with E-state index in [0.717, 1.165) is 32.1 Å². The molecule has 138 valence electrons. The summed E-state index contributed by atoms with van der Waals surface area (Å²) in [5.74, 6) is -0.411. The molecule has 0 amide bonds. The Bertz CT molecular complexity index is 705. The molecule has 0 aromatic heterocycles. The number of carbonyl (C=O) groups is 1. The van der Waals surface area contributed by atoms with E-state index in [2.05, 4.69) is 37.4 Å². The molecule has 3 aliphatic rings. The van der Waals surface area contributed by atoms with Crippen LogP contribution in [0.3, 0.4) is 0 Å². The lowest BCUT2D eigenvalue weighted by Crippen LogP contribution is -2.63. The molecule has 1 saturated carbocycles. The maximum atomic E-state index is 12.7. The number of Topliss-reactive ketones (excluding diaryl/α,β-unsaturated/α-hetero) is 1. The van der Waals surface area contributed by atoms with E-state index in [4.69, 9.17) is 9.47 Å². The van der Waals surface area contributed by atoms with Crippen LogP contribution in [0, 0.1) is 10.8 Å². The fourth-order valence-electron chi connectivity index (χ4n) is 6.57. The van der Waals surface area contributed by atoms with E-state index in [9.17, 15) is 4.79 Å². The quantitative estimate of drug-likeness (QED) is 0.672. The van der Waals surface area contributed by atoms with E-state index in [0.29, 0.717) is 18.6 Å². The van der Waals surface area contributed by atoms with Gasteiger partial charge in [0.05, 0.1) is 5.60 Å². The molecule has 3 nitrogen and oxygen atoms in total. The van der Waals surface area contributed by atoms with Crippen molar-refractivity contribution in [1.82, 2.24) is 0 Å². The zero-order valence-corrected chi connectivity index (χ0v) is 15.6. The fourth-order valence-corrected chi connectivity index (χ4v) is 6.57. The second-order valence-electron chi connectivity index (χ2n) is 8.56. The molecule has 4 rings (SSSR count). The Hall–Kier alpha value is -1.71. The molecule has 1 aromatic rings. The number of ketones is 1. The molecule has 3 heteroatoms. The normalized spacial score (nSPS) is 40.6. The summed E-state index contributed by atoms with van der Waals surface area (Å²) >= 11 is 0. The van der Waals surface area contributed by atoms with Gasteiger partial charge in [0.15, 0.2) is 5.79 Å². The van der Waals surface area contributed by atoms with Crippen molar-refractivity contribution in [2.75, 3.05) is 7.11 Å². The highest BCUT2D eigenvalue weighted by Crippen LogP contribution is 2.75. The Balaban J connectivity index is 1.83. The lowest BCUT2D eigenvalue weighted by Gasteiger charge is -2.57. The van der Waals surface area contributed by atoms with Gasteiger partial charge in [-0.3, -0.25) is 4.79 Å². The predicted molar refractivity (Wildman–Crippen MR) is 102 cm³/mol. The molecule has 0 spiro atoms. The average Bonchev–Trinajstić information content (AvgIpc) is 3.01. The highest BCUT2D eigenvalue weighted by atomic mass is 16.7. The van der Waals surface area contributed by atoms with Crippen molar-refractivity contribution in [3.63, 3.8) is 0 Å². The van der Waals surface area contributed by atoms with Crippen molar-refractivity contribution in [2.45, 2.75) is 56.3 Å². The highest BCUT2D eigenvalue weighted by Gasteiger charge is 2.80. The lowest BCUT2D eigenvalue weighted by atomic mass is 9.47. The van der Waals surface area contributed by atoms with Crippen LogP contribution < -0.4 is 0 Å². The molecular formula is C23H28O3. The van der Waals surface area contributed by atoms with Crippen molar-refractivity contribution in [3.8, 4) is 0 Å². The predicted octanol–water partition coefficient (Wildman–Crippen LogP) is 4.62. The monoisotopic (exact) mass is 352 g/mol. The standard InChI is InChI=1S/C23H28O3/c1-4-11-20-14-19(24)15-21(12-5-2)17-22(16-20,26-23(20,21)25-3)13-18-9-7-6-8-10-18/h4-10H,1-2,11-17H2,3H3/t20-,21+,22?,23?. The largest absolute Gasteiger partial charge is 0.352 e. The van der Waals surface area contributed by atoms with Gasteiger partial charge in [-0.25, -0.2) is 0 Å². The number of hydrogen-bond donors (Lipinski definition) is 0. The molecule has 2 heterocycles. The zero-order chi connectivity index (χ0) is 18.5. The van der Waals surface area contributed by atoms with Gasteiger partial charge in [0.1, 0.15) is 5.78 Å². The number of rotatable bonds is 7. The van der Waals surface area contributed by atoms with Gasteiger partial charge in [-0.05, 0) is 31.2 Å². The van der Waals surface area contributed by atoms with Crippen LogP contribution in [-0.2, 0) is 20.7 Å². The van der Waals surface area contributed by atoms with Gasteiger partial charge in [0.2, 0.25) is 0 Å². The summed E-state index contributed by atoms with van der Waals surface area (Å²) in [7, 11) is 1.75. The van der Waals surface area contributed by atoms with Crippen molar-refractivity contribution < 1.29 is 14.3 Å². The molecule has 0 N–H and O–H groups in total. The van der Waals surface area contributed by atoms with Crippen molar-refractivity contribution >= 4 is 5.78 Å². The minimum atomic E-state index is -0.731. The van der Waals surface area contributed by atoms with Crippen LogP contribution in [0.5, 0.6) is 0 Å². The summed E-state index contributed by atoms with van der Waals surface area (Å²) in [6.45, 7) is 7.95. The third-order valence-corrected chi connectivity index (χ3v) is 6.88. The van der Waals surface area contributed by atoms with Gasteiger partial charge >= 0.3 is 0 Å². The van der Waals surface area contributed by atoms with Crippen LogP contribution in [-0.4, -0.2) is 24.3 Å². The Morgan fingerprint density at radius 2 is 1.65 bits per heavy atom. The summed E-state index contributed by atoms with van der Waals surface area (Å²) in [4.78, 5) is 12.7. The minimum Gasteiger partial charge on any atom is -0.352 e. The van der Waals surface area contributed by atoms with Crippen LogP contribution in [0.15, 0.2) is 55.6 Å². The number of carbonyl (C=O) groups excluding carboxylic acids is 1. The number of methoxy groups -OCH3 is 1. The van der Waals surface area contributed by atoms with Gasteiger partial charge in [-0.2, -0.15) is 0 Å². The van der Waals surface area contributed by atoms with Crippen molar-refractivity contribution in [1.29, 1.82) is 0 Å². The van der Waals surface area contributed by atoms with Gasteiger partial charge in [0.25, 0.3) is 0 Å². The zero-order valence-electron chi connectivity index (χ0n) is 15.6. The first-order valence-corrected chi connectivity index (χ1v) is 9.51. The molecule has 2 unspecified atom stereocenters. The first-order chi connectivity index (χ1) is 12.5. The number of allylic oxidation sites excluding steroid dienone is 2. The summed E-state index contributed by atoms with van der Waals surface area (Å²) < 4.78 is 13.1. The molecule has 2 bridgehead atoms. The molecule has 0 radical (unpaired) electrons. The Morgan fingerprint density at radius 3 is 2.15 bits per heavy atom. The third kappa shape index (κ3) is 2.17. The Kier molecular flexibility index (Phi) is 4.01. The number of benzene rings is 1. The fraction of sp³-hybridized carbons (Fsp3) is 0.522. The van der Waals surface area contributed by atoms with E-state index in [-0.39, 0.29) is 16.4 Å². The Labute approximate surface area is 156 Å². The molecule has 2 saturated heterocycles. The second-order valence-corrected chi connectivity index (χ2v) is 8.56. The van der Waals surface area contributed by atoms with E-state index in [1.807, 2.05) is 18.2 Å². The molecule has 3 fully saturated rings. The molecule has 26 heavy (non-hydrogen) atoms. The van der Waals surface area contributed by atoms with Gasteiger partial charge in [-0.15, -0.1) is 13.2 Å². The third-order valence-electron chi connectivity index (χ3n) is 6.88. The summed E-state index contributed by atoms with van der Waals surface area (Å²) in [5, 5.41) is 0. The van der Waals surface area contributed by atoms with Gasteiger partial charge in [-0.1, -0.05) is 42.5 Å². The molecule has 1 aromatic carbocycles. The summed E-state index contributed by atoms with van der Waals surface area (Å²) in [6, 6.07) is 10.5. The Morgan fingerprint density at radius 1 is 1.08 bits per heavy atom. The summed E-state index contributed by atoms with van der Waals surface area (Å²) in [6.07, 6.45) is 8.91. The second kappa shape index (κ2) is 5.90. The maximum Gasteiger partial charge on any atom is 0.181 e. The summed E-state index contributed by atoms with van der Waals surface area (Å²) in [5.41, 5.74) is 0.335. The van der Waals surface area contributed by atoms with E-state index < -0.39 is 5.79 Å². The molecule has 2 aliphatic heterocycles. The van der Waals surface area contributed by atoms with Gasteiger partial charge in [0, 0.05) is 37.2 Å². The van der Waals surface area contributed by atoms with Crippen LogP contribution in [0.1, 0.15) is 44.1 Å². The van der Waals surface area contributed by atoms with Crippen LogP contribution in [0.4, 0.5) is 0 Å². The lowest BCUT2D eigenvalue weighted by molar-refractivity contribution is -0.299. The first-order valence-electron chi connectivity index (χ1n) is 9.51. The van der Waals surface area contributed by atoms with Crippen LogP contribution in [0.2, 0.25) is 0 Å². The van der Waals surface area contributed by atoms with Crippen molar-refractivity contribution in [3.05, 3.63) is 61.2 Å². The van der Waals surface area contributed by atoms with Crippen LogP contribution >= 0.6 is 0 Å². The van der Waals surface area contributed by atoms with Crippen molar-refractivity contribution in [2.24, 2.45) is 10.8 Å². The number of fused-ring (bicyclic) bond motifs is 1. The molecule has 1 aliphatic carbocycles.